The lowest BCUT2D eigenvalue weighted by atomic mass is 9.85. The minimum Gasteiger partial charge on any atom is -0.294 e. The van der Waals surface area contributed by atoms with Crippen LogP contribution in [0.25, 0.3) is 0 Å². The molecule has 0 bridgehead atoms. The summed E-state index contributed by atoms with van der Waals surface area (Å²) in [5.74, 6) is -0.167. The molecule has 0 fully saturated rings. The van der Waals surface area contributed by atoms with Gasteiger partial charge in [-0.05, 0) is 44.0 Å². The number of carbonyl (C=O) groups is 1. The number of halogens is 1. The van der Waals surface area contributed by atoms with Gasteiger partial charge in [0.05, 0.1) is 34.2 Å². The van der Waals surface area contributed by atoms with E-state index in [4.69, 9.17) is 16.9 Å². The molecular formula is C20H16ClN3O3. The van der Waals surface area contributed by atoms with E-state index in [1.54, 1.807) is 30.3 Å². The lowest BCUT2D eigenvalue weighted by molar-refractivity contribution is -0.384. The fourth-order valence-electron chi connectivity index (χ4n) is 3.21. The first-order valence-corrected chi connectivity index (χ1v) is 8.67. The second kappa shape index (κ2) is 6.93. The van der Waals surface area contributed by atoms with E-state index < -0.39 is 10.5 Å². The second-order valence-electron chi connectivity index (χ2n) is 7.05. The van der Waals surface area contributed by atoms with Gasteiger partial charge < -0.3 is 0 Å². The number of fused-ring (bicyclic) bond motifs is 1. The average molecular weight is 382 g/mol. The Bertz CT molecular complexity index is 1020. The number of nitro groups is 1. The lowest BCUT2D eigenvalue weighted by Gasteiger charge is -2.29. The Kier molecular flexibility index (Phi) is 4.81. The molecule has 3 rings (SSSR count). The quantitative estimate of drug-likeness (QED) is 0.442. The van der Waals surface area contributed by atoms with Gasteiger partial charge in [-0.15, -0.1) is 0 Å². The number of benzene rings is 2. The van der Waals surface area contributed by atoms with Crippen LogP contribution in [0.5, 0.6) is 0 Å². The Hall–Kier alpha value is -3.04. The van der Waals surface area contributed by atoms with Gasteiger partial charge in [-0.25, -0.2) is 0 Å². The van der Waals surface area contributed by atoms with Gasteiger partial charge in [-0.1, -0.05) is 23.7 Å². The van der Waals surface area contributed by atoms with Crippen LogP contribution in [0.2, 0.25) is 5.02 Å². The highest BCUT2D eigenvalue weighted by Crippen LogP contribution is 2.35. The van der Waals surface area contributed by atoms with Crippen LogP contribution in [0.4, 0.5) is 5.69 Å². The largest absolute Gasteiger partial charge is 0.294 e. The number of hydrogen-bond donors (Lipinski definition) is 0. The van der Waals surface area contributed by atoms with Gasteiger partial charge in [0.2, 0.25) is 0 Å². The van der Waals surface area contributed by atoms with Crippen molar-refractivity contribution >= 4 is 28.8 Å². The van der Waals surface area contributed by atoms with Crippen LogP contribution < -0.4 is 0 Å². The topological polar surface area (TPSA) is 96.4 Å². The van der Waals surface area contributed by atoms with Gasteiger partial charge in [0.1, 0.15) is 5.02 Å². The molecule has 7 heteroatoms. The number of rotatable bonds is 4. The van der Waals surface area contributed by atoms with E-state index in [0.717, 1.165) is 5.56 Å². The van der Waals surface area contributed by atoms with Gasteiger partial charge in [-0.3, -0.25) is 19.9 Å². The lowest BCUT2D eigenvalue weighted by Crippen LogP contribution is -2.30. The first-order valence-electron chi connectivity index (χ1n) is 8.29. The number of nitriles is 1. The van der Waals surface area contributed by atoms with Crippen molar-refractivity contribution in [1.82, 2.24) is 0 Å². The average Bonchev–Trinajstić information content (AvgIpc) is 2.60. The Morgan fingerprint density at radius 2 is 2.00 bits per heavy atom. The Morgan fingerprint density at radius 1 is 1.33 bits per heavy atom. The predicted molar refractivity (Wildman–Crippen MR) is 103 cm³/mol. The van der Waals surface area contributed by atoms with E-state index >= 15 is 0 Å². The van der Waals surface area contributed by atoms with Crippen molar-refractivity contribution in [3.05, 3.63) is 73.8 Å². The zero-order valence-electron chi connectivity index (χ0n) is 14.8. The van der Waals surface area contributed by atoms with Crippen LogP contribution in [-0.2, 0) is 6.42 Å². The van der Waals surface area contributed by atoms with Crippen molar-refractivity contribution in [3.63, 3.8) is 0 Å². The monoisotopic (exact) mass is 381 g/mol. The molecule has 0 spiro atoms. The molecule has 0 saturated heterocycles. The Morgan fingerprint density at radius 3 is 2.59 bits per heavy atom. The van der Waals surface area contributed by atoms with E-state index in [0.29, 0.717) is 28.8 Å². The minimum absolute atomic E-state index is 0.0150. The molecule has 0 aromatic heterocycles. The minimum atomic E-state index is -0.539. The van der Waals surface area contributed by atoms with Crippen molar-refractivity contribution in [2.75, 3.05) is 0 Å². The molecule has 2 aromatic carbocycles. The smallest absolute Gasteiger partial charge is 0.288 e. The van der Waals surface area contributed by atoms with Crippen molar-refractivity contribution in [2.24, 2.45) is 4.99 Å². The maximum atomic E-state index is 12.7. The molecule has 2 aromatic rings. The molecule has 0 radical (unpaired) electrons. The number of carbonyl (C=O) groups excluding carboxylic acids is 1. The van der Waals surface area contributed by atoms with Crippen LogP contribution in [0.3, 0.4) is 0 Å². The number of hydrogen-bond acceptors (Lipinski definition) is 5. The summed E-state index contributed by atoms with van der Waals surface area (Å²) in [4.78, 5) is 28.1. The van der Waals surface area contributed by atoms with Crippen LogP contribution in [-0.4, -0.2) is 22.0 Å². The molecule has 1 heterocycles. The number of ketones is 1. The van der Waals surface area contributed by atoms with E-state index in [1.165, 1.54) is 6.07 Å². The van der Waals surface area contributed by atoms with Crippen molar-refractivity contribution in [2.45, 2.75) is 32.2 Å². The first kappa shape index (κ1) is 18.7. The molecular weight excluding hydrogens is 366 g/mol. The van der Waals surface area contributed by atoms with E-state index in [2.05, 4.69) is 4.99 Å². The zero-order chi connectivity index (χ0) is 19.8. The van der Waals surface area contributed by atoms with E-state index in [9.17, 15) is 14.9 Å². The van der Waals surface area contributed by atoms with Gasteiger partial charge >= 0.3 is 0 Å². The van der Waals surface area contributed by atoms with Crippen LogP contribution >= 0.6 is 11.6 Å². The van der Waals surface area contributed by atoms with Gasteiger partial charge in [0.25, 0.3) is 5.69 Å². The van der Waals surface area contributed by atoms with Crippen molar-refractivity contribution < 1.29 is 9.72 Å². The van der Waals surface area contributed by atoms with Crippen LogP contribution in [0, 0.1) is 21.4 Å². The highest BCUT2D eigenvalue weighted by molar-refractivity contribution is 6.33. The third-order valence-electron chi connectivity index (χ3n) is 4.40. The molecule has 0 aliphatic carbocycles. The Balaban J connectivity index is 2.00. The fourth-order valence-corrected chi connectivity index (χ4v) is 3.46. The van der Waals surface area contributed by atoms with Gasteiger partial charge in [-0.2, -0.15) is 5.26 Å². The summed E-state index contributed by atoms with van der Waals surface area (Å²) in [7, 11) is 0. The summed E-state index contributed by atoms with van der Waals surface area (Å²) >= 11 is 6.05. The zero-order valence-corrected chi connectivity index (χ0v) is 15.6. The molecule has 0 N–H and O–H groups in total. The first-order chi connectivity index (χ1) is 12.7. The molecule has 27 heavy (non-hydrogen) atoms. The second-order valence-corrected chi connectivity index (χ2v) is 7.46. The summed E-state index contributed by atoms with van der Waals surface area (Å²) in [5.41, 5.74) is 2.24. The summed E-state index contributed by atoms with van der Waals surface area (Å²) < 4.78 is 0. The van der Waals surface area contributed by atoms with Gasteiger partial charge in [0.15, 0.2) is 5.78 Å². The summed E-state index contributed by atoms with van der Waals surface area (Å²) in [5, 5.41) is 20.2. The number of aliphatic imine (C=N–C) groups is 1. The molecule has 136 valence electrons. The van der Waals surface area contributed by atoms with E-state index in [-0.39, 0.29) is 22.9 Å². The number of nitrogens with zero attached hydrogens (tertiary/aromatic N) is 3. The fraction of sp³-hybridized carbons (Fsp3) is 0.250. The summed E-state index contributed by atoms with van der Waals surface area (Å²) in [6.45, 7) is 3.88. The van der Waals surface area contributed by atoms with Crippen LogP contribution in [0.1, 0.15) is 47.3 Å². The number of nitro benzene ring substituents is 1. The summed E-state index contributed by atoms with van der Waals surface area (Å²) in [6, 6.07) is 11.4. The normalized spacial score (nSPS) is 14.7. The molecule has 6 nitrogen and oxygen atoms in total. The number of Topliss-reactive ketones (excluding diaryl/α,β-unsaturated/α-hetero) is 1. The van der Waals surface area contributed by atoms with E-state index in [1.807, 2.05) is 19.9 Å². The SMILES string of the molecule is CC1(C)Cc2cc(Cl)c([N+](=O)[O-])cc2C(CC(=O)c2ccc(C#N)cc2)=N1. The molecule has 0 amide bonds. The van der Waals surface area contributed by atoms with Gasteiger partial charge in [0, 0.05) is 17.2 Å². The maximum absolute atomic E-state index is 12.7. The Labute approximate surface area is 161 Å². The standard InChI is InChI=1S/C20H16ClN3O3/c1-20(2)10-14-7-16(21)18(24(26)27)8-15(14)17(23-20)9-19(25)13-5-3-12(11-22)4-6-13/h3-8H,9-10H2,1-2H3. The highest BCUT2D eigenvalue weighted by Gasteiger charge is 2.30. The van der Waals surface area contributed by atoms with Crippen molar-refractivity contribution in [1.29, 1.82) is 5.26 Å². The molecule has 0 unspecified atom stereocenters. The molecule has 0 atom stereocenters. The maximum Gasteiger partial charge on any atom is 0.288 e. The molecule has 0 saturated carbocycles. The molecule has 1 aliphatic heterocycles. The van der Waals surface area contributed by atoms with Crippen LogP contribution in [0.15, 0.2) is 41.4 Å². The highest BCUT2D eigenvalue weighted by atomic mass is 35.5. The van der Waals surface area contributed by atoms with Crippen molar-refractivity contribution in [3.8, 4) is 6.07 Å². The third-order valence-corrected chi connectivity index (χ3v) is 4.71. The molecule has 1 aliphatic rings. The third kappa shape index (κ3) is 3.88. The summed E-state index contributed by atoms with van der Waals surface area (Å²) in [6.07, 6.45) is 0.593. The predicted octanol–water partition coefficient (Wildman–Crippen LogP) is 4.52.